The fraction of sp³-hybridized carbons (Fsp3) is 0. The van der Waals surface area contributed by atoms with Gasteiger partial charge in [0.05, 0.1) is 0 Å². The van der Waals surface area contributed by atoms with E-state index in [2.05, 4.69) is 122 Å². The molecule has 0 bridgehead atoms. The Hall–Kier alpha value is 0.928. The van der Waals surface area contributed by atoms with Gasteiger partial charge in [0.15, 0.2) is 0 Å². The molecule has 0 unspecified atom stereocenters. The van der Waals surface area contributed by atoms with Crippen molar-refractivity contribution in [2.75, 3.05) is 0 Å². The van der Waals surface area contributed by atoms with Gasteiger partial charge in [-0.15, -0.1) is 0 Å². The number of hydrogen-bond donors (Lipinski definition) is 4. The van der Waals surface area contributed by atoms with Crippen LogP contribution in [0.3, 0.4) is 0 Å². The second-order valence-corrected chi connectivity index (χ2v) is 5.83. The van der Waals surface area contributed by atoms with Crippen molar-refractivity contribution >= 4 is 117 Å². The summed E-state index contributed by atoms with van der Waals surface area (Å²) >= 11 is 33.4. The van der Waals surface area contributed by atoms with Crippen LogP contribution in [0, 0.1) is 0 Å². The van der Waals surface area contributed by atoms with Crippen LogP contribution in [-0.4, -0.2) is 17.3 Å². The summed E-state index contributed by atoms with van der Waals surface area (Å²) in [5.74, 6) is 0. The Bertz CT molecular complexity index is 187. The van der Waals surface area contributed by atoms with Crippen LogP contribution >= 0.6 is 48.9 Å². The third-order valence-corrected chi connectivity index (χ3v) is 0. The van der Waals surface area contributed by atoms with Crippen molar-refractivity contribution in [2.24, 2.45) is 22.9 Å². The van der Waals surface area contributed by atoms with Crippen molar-refractivity contribution < 1.29 is 23.2 Å². The second-order valence-electron chi connectivity index (χ2n) is 1.28. The predicted octanol–water partition coefficient (Wildman–Crippen LogP) is -1.01. The van der Waals surface area contributed by atoms with Gasteiger partial charge in [0, 0.05) is 0 Å². The first-order valence-corrected chi connectivity index (χ1v) is 7.42. The summed E-state index contributed by atoms with van der Waals surface area (Å²) in [7, 11) is 0. The van der Waals surface area contributed by atoms with Gasteiger partial charge in [0.1, 0.15) is 0 Å². The summed E-state index contributed by atoms with van der Waals surface area (Å²) in [6.45, 7) is 0. The third-order valence-electron chi connectivity index (χ3n) is 0. The molecule has 0 atom stereocenters. The molecule has 0 radical (unpaired) electrons. The van der Waals surface area contributed by atoms with Crippen LogP contribution in [-0.2, 0) is 73.7 Å². The SMILES string of the molecule is NC(=S)[S-].NC(=S)[S-].NC(=S)[S-].NC(=S)[S-].[O]=[W]. The number of thiocarbonyl (C=S) groups is 4. The third kappa shape index (κ3) is 4980. The number of nitrogens with two attached hydrogens (primary N) is 4. The minimum atomic E-state index is 0.0833. The molecule has 0 aromatic heterocycles. The summed E-state index contributed by atoms with van der Waals surface area (Å²) in [5.41, 5.74) is 18.6. The van der Waals surface area contributed by atoms with Crippen LogP contribution < -0.4 is 22.9 Å². The fourth-order valence-electron chi connectivity index (χ4n) is 0. The Morgan fingerprint density at radius 2 is 0.611 bits per heavy atom. The Morgan fingerprint density at radius 1 is 0.611 bits per heavy atom. The average molecular weight is 569 g/mol. The first kappa shape index (κ1) is 31.4. The zero-order valence-corrected chi connectivity index (χ0v) is 17.9. The Labute approximate surface area is 161 Å². The molecule has 0 aliphatic rings. The summed E-state index contributed by atoms with van der Waals surface area (Å²) in [4.78, 5) is 0. The zero-order chi connectivity index (χ0) is 16.3. The fourth-order valence-corrected chi connectivity index (χ4v) is 0. The van der Waals surface area contributed by atoms with Gasteiger partial charge in [0.2, 0.25) is 0 Å². The molecule has 0 aromatic carbocycles. The van der Waals surface area contributed by atoms with Gasteiger partial charge in [-0.2, -0.15) is 0 Å². The van der Waals surface area contributed by atoms with Crippen LogP contribution in [0.25, 0.3) is 0 Å². The second kappa shape index (κ2) is 30.7. The molecule has 0 saturated heterocycles. The molecule has 5 nitrogen and oxygen atoms in total. The zero-order valence-electron chi connectivity index (χ0n) is 8.39. The van der Waals surface area contributed by atoms with Crippen molar-refractivity contribution in [3.63, 3.8) is 0 Å². The molecule has 0 fully saturated rings. The number of rotatable bonds is 0. The van der Waals surface area contributed by atoms with E-state index in [1.807, 2.05) is 0 Å². The molecule has 0 saturated carbocycles. The summed E-state index contributed by atoms with van der Waals surface area (Å²) in [6, 6.07) is 0. The molecule has 0 aliphatic heterocycles. The molecular weight excluding hydrogens is 560 g/mol. The molecule has 0 aliphatic carbocycles. The average Bonchev–Trinajstić information content (AvgIpc) is 2.01. The van der Waals surface area contributed by atoms with Gasteiger partial charge in [0.25, 0.3) is 0 Å². The van der Waals surface area contributed by atoms with E-state index < -0.39 is 0 Å². The van der Waals surface area contributed by atoms with E-state index in [-0.39, 0.29) is 17.3 Å². The molecule has 0 amide bonds. The quantitative estimate of drug-likeness (QED) is 0.211. The molecule has 0 spiro atoms. The van der Waals surface area contributed by atoms with E-state index in [0.717, 1.165) is 0 Å². The standard InChI is InChI=1S/4CH3NS2.O.W/c4*2-1(3)4;;/h4*(H3,2,3,4);;/p-4. The van der Waals surface area contributed by atoms with Crippen molar-refractivity contribution in [3.05, 3.63) is 0 Å². The monoisotopic (exact) mass is 568 g/mol. The van der Waals surface area contributed by atoms with Crippen molar-refractivity contribution in [3.8, 4) is 0 Å². The molecular formula is C4H8N4OS8W-4. The van der Waals surface area contributed by atoms with E-state index in [1.165, 1.54) is 0 Å². The van der Waals surface area contributed by atoms with E-state index in [0.29, 0.717) is 19.8 Å². The van der Waals surface area contributed by atoms with E-state index >= 15 is 0 Å². The molecule has 14 heteroatoms. The van der Waals surface area contributed by atoms with Crippen molar-refractivity contribution in [1.29, 1.82) is 0 Å². The summed E-state index contributed by atoms with van der Waals surface area (Å²) in [6.07, 6.45) is 0. The number of hydrogen-bond acceptors (Lipinski definition) is 9. The first-order valence-electron chi connectivity index (χ1n) is 2.95. The van der Waals surface area contributed by atoms with Gasteiger partial charge in [-0.1, -0.05) is 17.3 Å². The molecule has 0 aromatic rings. The van der Waals surface area contributed by atoms with E-state index in [9.17, 15) is 0 Å². The Balaban J connectivity index is -0.0000000399. The summed E-state index contributed by atoms with van der Waals surface area (Å²) < 4.78 is 8.67. The first-order chi connectivity index (χ1) is 7.93. The van der Waals surface area contributed by atoms with Crippen molar-refractivity contribution in [2.45, 2.75) is 0 Å². The van der Waals surface area contributed by atoms with Crippen LogP contribution in [0.15, 0.2) is 0 Å². The topological polar surface area (TPSA) is 121 Å². The van der Waals surface area contributed by atoms with Crippen LogP contribution in [0.2, 0.25) is 0 Å². The van der Waals surface area contributed by atoms with Gasteiger partial charge >= 0.3 is 23.2 Å². The molecule has 18 heavy (non-hydrogen) atoms. The van der Waals surface area contributed by atoms with Gasteiger partial charge in [-0.25, -0.2) is 0 Å². The minimum absolute atomic E-state index is 0.0833. The molecule has 0 heterocycles. The van der Waals surface area contributed by atoms with Gasteiger partial charge in [-0.05, 0) is 0 Å². The molecule has 0 rings (SSSR count). The maximum absolute atomic E-state index is 8.33. The van der Waals surface area contributed by atoms with Crippen LogP contribution in [0.4, 0.5) is 0 Å². The van der Waals surface area contributed by atoms with Gasteiger partial charge in [-0.3, -0.25) is 0 Å². The summed E-state index contributed by atoms with van der Waals surface area (Å²) in [5, 5.41) is 0. The Kier molecular flexibility index (Phi) is 53.6. The van der Waals surface area contributed by atoms with Gasteiger partial charge < -0.3 is 122 Å². The normalized spacial score (nSPS) is 5.56. The molecule has 8 N–H and O–H groups in total. The van der Waals surface area contributed by atoms with Crippen molar-refractivity contribution in [1.82, 2.24) is 0 Å². The molecule has 108 valence electrons. The van der Waals surface area contributed by atoms with Crippen LogP contribution in [0.5, 0.6) is 0 Å². The Morgan fingerprint density at radius 3 is 0.611 bits per heavy atom. The van der Waals surface area contributed by atoms with E-state index in [1.54, 1.807) is 0 Å². The predicted molar refractivity (Wildman–Crippen MR) is 97.3 cm³/mol. The maximum atomic E-state index is 8.33. The van der Waals surface area contributed by atoms with Crippen LogP contribution in [0.1, 0.15) is 0 Å². The van der Waals surface area contributed by atoms with E-state index in [4.69, 9.17) is 3.40 Å².